The maximum absolute atomic E-state index is 14.5. The molecule has 4 rings (SSSR count). The first-order valence-electron chi connectivity index (χ1n) is 11.9. The molecule has 0 aliphatic carbocycles. The van der Waals surface area contributed by atoms with Gasteiger partial charge in [-0.25, -0.2) is 14.2 Å². The fourth-order valence-electron chi connectivity index (χ4n) is 4.87. The van der Waals surface area contributed by atoms with Crippen molar-refractivity contribution < 1.29 is 23.5 Å². The van der Waals surface area contributed by atoms with Crippen molar-refractivity contribution in [1.29, 1.82) is 0 Å². The molecule has 36 heavy (non-hydrogen) atoms. The van der Waals surface area contributed by atoms with Gasteiger partial charge in [-0.2, -0.15) is 0 Å². The molecule has 1 aliphatic rings. The largest absolute Gasteiger partial charge is 0.466 e. The second kappa shape index (κ2) is 10.6. The van der Waals surface area contributed by atoms with Crippen LogP contribution < -0.4 is 5.32 Å². The number of thiazole rings is 1. The van der Waals surface area contributed by atoms with Crippen LogP contribution in [0.2, 0.25) is 0 Å². The van der Waals surface area contributed by atoms with Gasteiger partial charge in [0.25, 0.3) is 0 Å². The minimum atomic E-state index is -1.04. The summed E-state index contributed by atoms with van der Waals surface area (Å²) in [5.41, 5.74) is 1.58. The highest BCUT2D eigenvalue weighted by molar-refractivity contribution is 7.10. The number of ether oxygens (including phenoxy) is 2. The lowest BCUT2D eigenvalue weighted by Gasteiger charge is -2.45. The van der Waals surface area contributed by atoms with Crippen LogP contribution in [-0.4, -0.2) is 30.1 Å². The Labute approximate surface area is 214 Å². The first-order chi connectivity index (χ1) is 17.3. The van der Waals surface area contributed by atoms with E-state index in [1.54, 1.807) is 44.4 Å². The van der Waals surface area contributed by atoms with E-state index in [0.29, 0.717) is 27.5 Å². The lowest BCUT2D eigenvalue weighted by atomic mass is 9.67. The molecule has 0 saturated heterocycles. The Balaban J connectivity index is 1.92. The van der Waals surface area contributed by atoms with Crippen LogP contribution in [0.25, 0.3) is 11.3 Å². The number of nitrogens with zero attached hydrogens (tertiary/aromatic N) is 1. The first-order valence-corrected chi connectivity index (χ1v) is 12.8. The quantitative estimate of drug-likeness (QED) is 0.421. The number of esters is 2. The summed E-state index contributed by atoms with van der Waals surface area (Å²) in [6.07, 6.45) is 0. The Morgan fingerprint density at radius 2 is 1.72 bits per heavy atom. The van der Waals surface area contributed by atoms with Gasteiger partial charge < -0.3 is 14.8 Å². The van der Waals surface area contributed by atoms with Gasteiger partial charge in [0.05, 0.1) is 30.4 Å². The molecule has 2 aromatic carbocycles. The second-order valence-electron chi connectivity index (χ2n) is 8.72. The van der Waals surface area contributed by atoms with E-state index in [-0.39, 0.29) is 19.0 Å². The molecule has 0 fully saturated rings. The van der Waals surface area contributed by atoms with Gasteiger partial charge in [-0.3, -0.25) is 4.79 Å². The monoisotopic (exact) mass is 508 g/mol. The molecule has 6 nitrogen and oxygen atoms in total. The fraction of sp³-hybridized carbons (Fsp3) is 0.321. The Morgan fingerprint density at radius 3 is 2.39 bits per heavy atom. The third-order valence-electron chi connectivity index (χ3n) is 6.41. The zero-order valence-corrected chi connectivity index (χ0v) is 21.5. The molecule has 1 aromatic heterocycles. The molecule has 2 heterocycles. The van der Waals surface area contributed by atoms with Crippen molar-refractivity contribution in [2.45, 2.75) is 39.2 Å². The highest BCUT2D eigenvalue weighted by Gasteiger charge is 2.54. The number of aromatic nitrogens is 1. The van der Waals surface area contributed by atoms with Crippen LogP contribution >= 0.6 is 11.3 Å². The van der Waals surface area contributed by atoms with E-state index in [2.05, 4.69) is 5.32 Å². The highest BCUT2D eigenvalue weighted by Crippen LogP contribution is 2.49. The number of halogens is 1. The van der Waals surface area contributed by atoms with Crippen LogP contribution in [0.5, 0.6) is 0 Å². The van der Waals surface area contributed by atoms with Crippen molar-refractivity contribution in [2.24, 2.45) is 5.92 Å². The van der Waals surface area contributed by atoms with E-state index in [9.17, 15) is 14.0 Å². The van der Waals surface area contributed by atoms with Crippen molar-refractivity contribution in [3.8, 4) is 11.3 Å². The minimum absolute atomic E-state index is 0.183. The van der Waals surface area contributed by atoms with Crippen LogP contribution in [0, 0.1) is 11.7 Å². The van der Waals surface area contributed by atoms with E-state index >= 15 is 0 Å². The van der Waals surface area contributed by atoms with Crippen molar-refractivity contribution >= 4 is 23.3 Å². The summed E-state index contributed by atoms with van der Waals surface area (Å²) in [6, 6.07) is 15.8. The standard InChI is InChI=1S/C28H29FN2O4S/c1-5-34-25(32)22-17(3)31-28(4,27-30-21(16-36-27)19-14-10-11-15-20(19)29)24(26(33)35-6-2)23(22)18-12-8-7-9-13-18/h7-16,23-24,31H,5-6H2,1-4H3. The number of hydrogen-bond acceptors (Lipinski definition) is 7. The number of benzene rings is 2. The summed E-state index contributed by atoms with van der Waals surface area (Å²) >= 11 is 1.33. The number of carbonyl (C=O) groups is 2. The van der Waals surface area contributed by atoms with E-state index in [1.807, 2.05) is 37.3 Å². The van der Waals surface area contributed by atoms with Gasteiger partial charge in [0, 0.05) is 22.6 Å². The van der Waals surface area contributed by atoms with Crippen molar-refractivity contribution in [1.82, 2.24) is 10.3 Å². The summed E-state index contributed by atoms with van der Waals surface area (Å²) in [5, 5.41) is 5.76. The van der Waals surface area contributed by atoms with E-state index in [4.69, 9.17) is 14.5 Å². The topological polar surface area (TPSA) is 77.5 Å². The van der Waals surface area contributed by atoms with Crippen LogP contribution in [0.3, 0.4) is 0 Å². The molecule has 1 aliphatic heterocycles. The van der Waals surface area contributed by atoms with Crippen molar-refractivity contribution in [3.63, 3.8) is 0 Å². The van der Waals surface area contributed by atoms with Gasteiger partial charge in [0.1, 0.15) is 16.4 Å². The zero-order chi connectivity index (χ0) is 25.9. The summed E-state index contributed by atoms with van der Waals surface area (Å²) < 4.78 is 25.4. The molecule has 0 amide bonds. The lowest BCUT2D eigenvalue weighted by molar-refractivity contribution is -0.152. The van der Waals surface area contributed by atoms with Crippen LogP contribution in [0.1, 0.15) is 44.2 Å². The molecule has 0 bridgehead atoms. The Hall–Kier alpha value is -3.52. The Bertz CT molecular complexity index is 1290. The molecule has 3 atom stereocenters. The molecular formula is C28H29FN2O4S. The van der Waals surface area contributed by atoms with Gasteiger partial charge in [-0.1, -0.05) is 42.5 Å². The number of nitrogens with one attached hydrogen (secondary N) is 1. The summed E-state index contributed by atoms with van der Waals surface area (Å²) in [4.78, 5) is 31.5. The molecular weight excluding hydrogens is 479 g/mol. The number of allylic oxidation sites excluding steroid dienone is 1. The number of hydrogen-bond donors (Lipinski definition) is 1. The van der Waals surface area contributed by atoms with Gasteiger partial charge in [-0.15, -0.1) is 11.3 Å². The predicted octanol–water partition coefficient (Wildman–Crippen LogP) is 5.57. The van der Waals surface area contributed by atoms with Crippen LogP contribution in [0.15, 0.2) is 71.2 Å². The third-order valence-corrected chi connectivity index (χ3v) is 7.49. The molecule has 0 saturated carbocycles. The van der Waals surface area contributed by atoms with Crippen molar-refractivity contribution in [2.75, 3.05) is 13.2 Å². The Kier molecular flexibility index (Phi) is 7.54. The SMILES string of the molecule is CCOC(=O)C1=C(C)NC(C)(c2nc(-c3ccccc3F)cs2)C(C(=O)OCC)C1c1ccccc1. The minimum Gasteiger partial charge on any atom is -0.466 e. The van der Waals surface area contributed by atoms with E-state index in [1.165, 1.54) is 17.4 Å². The van der Waals surface area contributed by atoms with Gasteiger partial charge in [0.15, 0.2) is 0 Å². The first kappa shape index (κ1) is 25.6. The lowest BCUT2D eigenvalue weighted by Crippen LogP contribution is -2.55. The molecule has 8 heteroatoms. The highest BCUT2D eigenvalue weighted by atomic mass is 32.1. The second-order valence-corrected chi connectivity index (χ2v) is 9.58. The maximum atomic E-state index is 14.5. The van der Waals surface area contributed by atoms with Gasteiger partial charge >= 0.3 is 11.9 Å². The summed E-state index contributed by atoms with van der Waals surface area (Å²) in [7, 11) is 0. The average Bonchev–Trinajstić information content (AvgIpc) is 3.35. The number of rotatable bonds is 7. The average molecular weight is 509 g/mol. The zero-order valence-electron chi connectivity index (χ0n) is 20.7. The predicted molar refractivity (Wildman–Crippen MR) is 137 cm³/mol. The number of carbonyl (C=O) groups excluding carboxylic acids is 2. The van der Waals surface area contributed by atoms with Crippen LogP contribution in [0.4, 0.5) is 4.39 Å². The normalized spacial score (nSPS) is 21.6. The summed E-state index contributed by atoms with van der Waals surface area (Å²) in [6.45, 7) is 7.55. The Morgan fingerprint density at radius 1 is 1.06 bits per heavy atom. The molecule has 3 aromatic rings. The smallest absolute Gasteiger partial charge is 0.336 e. The van der Waals surface area contributed by atoms with Crippen molar-refractivity contribution in [3.05, 3.63) is 87.6 Å². The molecule has 3 unspecified atom stereocenters. The van der Waals surface area contributed by atoms with Crippen LogP contribution in [-0.2, 0) is 24.6 Å². The summed E-state index contributed by atoms with van der Waals surface area (Å²) in [5.74, 6) is -2.81. The van der Waals surface area contributed by atoms with Gasteiger partial charge in [-0.05, 0) is 45.4 Å². The third kappa shape index (κ3) is 4.65. The molecule has 188 valence electrons. The molecule has 1 N–H and O–H groups in total. The van der Waals surface area contributed by atoms with Gasteiger partial charge in [0.2, 0.25) is 0 Å². The maximum Gasteiger partial charge on any atom is 0.336 e. The van der Waals surface area contributed by atoms with E-state index in [0.717, 1.165) is 5.56 Å². The van der Waals surface area contributed by atoms with E-state index < -0.39 is 29.3 Å². The fourth-order valence-corrected chi connectivity index (χ4v) is 5.85. The molecule has 0 spiro atoms. The molecule has 0 radical (unpaired) electrons.